The van der Waals surface area contributed by atoms with Crippen LogP contribution in [0.3, 0.4) is 0 Å². The van der Waals surface area contributed by atoms with Gasteiger partial charge in [-0.15, -0.1) is 0 Å². The lowest BCUT2D eigenvalue weighted by molar-refractivity contribution is 0.410. The number of ether oxygens (including phenoxy) is 1. The summed E-state index contributed by atoms with van der Waals surface area (Å²) in [6.45, 7) is 0.783. The number of phenolic OH excluding ortho intramolecular Hbond substituents is 1. The number of hydrogen-bond acceptors (Lipinski definition) is 4. The summed E-state index contributed by atoms with van der Waals surface area (Å²) in [5, 5.41) is 9.63. The van der Waals surface area contributed by atoms with Gasteiger partial charge in [-0.25, -0.2) is 4.39 Å². The number of anilines is 1. The molecule has 3 rings (SSSR count). The van der Waals surface area contributed by atoms with Crippen LogP contribution in [-0.4, -0.2) is 18.8 Å². The molecule has 0 amide bonds. The van der Waals surface area contributed by atoms with Crippen LogP contribution < -0.4 is 15.4 Å². The second-order valence-electron chi connectivity index (χ2n) is 5.08. The zero-order valence-corrected chi connectivity index (χ0v) is 11.7. The van der Waals surface area contributed by atoms with E-state index < -0.39 is 0 Å². The summed E-state index contributed by atoms with van der Waals surface area (Å²) in [5.41, 5.74) is 8.19. The molecule has 1 aliphatic heterocycles. The van der Waals surface area contributed by atoms with Crippen LogP contribution in [0.1, 0.15) is 17.2 Å². The number of nitrogens with two attached hydrogens (primary N) is 1. The van der Waals surface area contributed by atoms with Gasteiger partial charge in [-0.3, -0.25) is 0 Å². The van der Waals surface area contributed by atoms with Crippen LogP contribution in [0.15, 0.2) is 36.4 Å². The SMILES string of the molecule is COc1cc(F)c2c(c1)C(CN)N(c1cccc(O)c1)C2. The third-order valence-electron chi connectivity index (χ3n) is 3.89. The minimum atomic E-state index is -0.287. The third-order valence-corrected chi connectivity index (χ3v) is 3.89. The zero-order valence-electron chi connectivity index (χ0n) is 11.7. The highest BCUT2D eigenvalue weighted by Crippen LogP contribution is 2.40. The second-order valence-corrected chi connectivity index (χ2v) is 5.08. The van der Waals surface area contributed by atoms with Crippen LogP contribution in [0.4, 0.5) is 10.1 Å². The molecule has 0 fully saturated rings. The summed E-state index contributed by atoms with van der Waals surface area (Å²) in [6.07, 6.45) is 0. The van der Waals surface area contributed by atoms with Crippen molar-refractivity contribution in [1.29, 1.82) is 0 Å². The third kappa shape index (κ3) is 2.29. The number of fused-ring (bicyclic) bond motifs is 1. The standard InChI is InChI=1S/C16H17FN2O2/c1-21-12-6-13-14(15(17)7-12)9-19(16(13)8-18)10-3-2-4-11(20)5-10/h2-7,16,20H,8-9,18H2,1H3. The number of hydrogen-bond donors (Lipinski definition) is 2. The Morgan fingerprint density at radius 1 is 1.38 bits per heavy atom. The van der Waals surface area contributed by atoms with Gasteiger partial charge in [-0.2, -0.15) is 0 Å². The van der Waals surface area contributed by atoms with E-state index in [1.54, 1.807) is 18.2 Å². The van der Waals surface area contributed by atoms with E-state index in [1.807, 2.05) is 17.0 Å². The van der Waals surface area contributed by atoms with Crippen LogP contribution in [0.5, 0.6) is 11.5 Å². The maximum Gasteiger partial charge on any atom is 0.132 e. The Hall–Kier alpha value is -2.27. The van der Waals surface area contributed by atoms with Crippen molar-refractivity contribution < 1.29 is 14.2 Å². The van der Waals surface area contributed by atoms with Gasteiger partial charge in [-0.1, -0.05) is 6.07 Å². The molecule has 0 spiro atoms. The number of aromatic hydroxyl groups is 1. The topological polar surface area (TPSA) is 58.7 Å². The number of rotatable bonds is 3. The maximum absolute atomic E-state index is 14.2. The summed E-state index contributed by atoms with van der Waals surface area (Å²) in [7, 11) is 1.51. The van der Waals surface area contributed by atoms with Crippen LogP contribution in [0, 0.1) is 5.82 Å². The first-order valence-electron chi connectivity index (χ1n) is 6.76. The summed E-state index contributed by atoms with van der Waals surface area (Å²) in [5.74, 6) is 0.380. The molecule has 1 atom stereocenters. The number of benzene rings is 2. The Bertz CT molecular complexity index is 675. The molecule has 2 aromatic rings. The van der Waals surface area contributed by atoms with Gasteiger partial charge in [0.2, 0.25) is 0 Å². The van der Waals surface area contributed by atoms with E-state index in [-0.39, 0.29) is 17.6 Å². The number of methoxy groups -OCH3 is 1. The Morgan fingerprint density at radius 3 is 2.86 bits per heavy atom. The number of halogens is 1. The van der Waals surface area contributed by atoms with E-state index in [4.69, 9.17) is 10.5 Å². The maximum atomic E-state index is 14.2. The van der Waals surface area contributed by atoms with E-state index in [0.29, 0.717) is 24.4 Å². The van der Waals surface area contributed by atoms with Gasteiger partial charge in [0.15, 0.2) is 0 Å². The van der Waals surface area contributed by atoms with E-state index in [0.717, 1.165) is 11.3 Å². The molecule has 110 valence electrons. The average Bonchev–Trinajstić information content (AvgIpc) is 2.86. The van der Waals surface area contributed by atoms with Gasteiger partial charge in [0.1, 0.15) is 17.3 Å². The highest BCUT2D eigenvalue weighted by atomic mass is 19.1. The quantitative estimate of drug-likeness (QED) is 0.911. The highest BCUT2D eigenvalue weighted by Gasteiger charge is 2.32. The van der Waals surface area contributed by atoms with E-state index >= 15 is 0 Å². The second kappa shape index (κ2) is 5.26. The molecule has 1 unspecified atom stereocenters. The molecule has 1 aliphatic rings. The van der Waals surface area contributed by atoms with E-state index in [9.17, 15) is 9.50 Å². The molecule has 4 nitrogen and oxygen atoms in total. The first kappa shape index (κ1) is 13.7. The lowest BCUT2D eigenvalue weighted by Gasteiger charge is -2.26. The zero-order chi connectivity index (χ0) is 15.0. The first-order valence-corrected chi connectivity index (χ1v) is 6.76. The monoisotopic (exact) mass is 288 g/mol. The molecule has 1 heterocycles. The van der Waals surface area contributed by atoms with Crippen molar-refractivity contribution >= 4 is 5.69 Å². The van der Waals surface area contributed by atoms with Crippen molar-refractivity contribution in [2.75, 3.05) is 18.6 Å². The highest BCUT2D eigenvalue weighted by molar-refractivity contribution is 5.58. The van der Waals surface area contributed by atoms with Gasteiger partial charge in [0.25, 0.3) is 0 Å². The fourth-order valence-corrected chi connectivity index (χ4v) is 2.86. The summed E-state index contributed by atoms with van der Waals surface area (Å²) in [6, 6.07) is 9.99. The molecule has 21 heavy (non-hydrogen) atoms. The Kier molecular flexibility index (Phi) is 3.43. The predicted octanol–water partition coefficient (Wildman–Crippen LogP) is 2.56. The smallest absolute Gasteiger partial charge is 0.132 e. The van der Waals surface area contributed by atoms with Gasteiger partial charge < -0.3 is 20.5 Å². The minimum absolute atomic E-state index is 0.133. The molecular formula is C16H17FN2O2. The molecule has 0 bridgehead atoms. The van der Waals surface area contributed by atoms with Gasteiger partial charge in [0, 0.05) is 36.5 Å². The first-order chi connectivity index (χ1) is 10.1. The fraction of sp³-hybridized carbons (Fsp3) is 0.250. The lowest BCUT2D eigenvalue weighted by atomic mass is 10.0. The molecule has 0 aliphatic carbocycles. The molecule has 5 heteroatoms. The van der Waals surface area contributed by atoms with Gasteiger partial charge in [0.05, 0.1) is 13.2 Å². The molecule has 0 aromatic heterocycles. The lowest BCUT2D eigenvalue weighted by Crippen LogP contribution is -2.27. The minimum Gasteiger partial charge on any atom is -0.508 e. The van der Waals surface area contributed by atoms with E-state index in [2.05, 4.69) is 0 Å². The van der Waals surface area contributed by atoms with Crippen molar-refractivity contribution in [3.63, 3.8) is 0 Å². The van der Waals surface area contributed by atoms with Crippen molar-refractivity contribution in [3.05, 3.63) is 53.3 Å². The van der Waals surface area contributed by atoms with E-state index in [1.165, 1.54) is 13.2 Å². The Balaban J connectivity index is 2.05. The van der Waals surface area contributed by atoms with Crippen molar-refractivity contribution in [2.24, 2.45) is 5.73 Å². The average molecular weight is 288 g/mol. The molecule has 3 N–H and O–H groups in total. The predicted molar refractivity (Wildman–Crippen MR) is 79.0 cm³/mol. The largest absolute Gasteiger partial charge is 0.508 e. The normalized spacial score (nSPS) is 16.9. The summed E-state index contributed by atoms with van der Waals surface area (Å²) in [4.78, 5) is 1.99. The molecule has 0 radical (unpaired) electrons. The van der Waals surface area contributed by atoms with Crippen molar-refractivity contribution in [3.8, 4) is 11.5 Å². The van der Waals surface area contributed by atoms with Crippen LogP contribution in [0.2, 0.25) is 0 Å². The summed E-state index contributed by atoms with van der Waals surface area (Å²) < 4.78 is 19.4. The van der Waals surface area contributed by atoms with Gasteiger partial charge >= 0.3 is 0 Å². The molecule has 0 saturated carbocycles. The van der Waals surface area contributed by atoms with Crippen molar-refractivity contribution in [2.45, 2.75) is 12.6 Å². The van der Waals surface area contributed by atoms with Crippen LogP contribution >= 0.6 is 0 Å². The number of nitrogens with zero attached hydrogens (tertiary/aromatic N) is 1. The molecular weight excluding hydrogens is 271 g/mol. The van der Waals surface area contributed by atoms with Crippen LogP contribution in [0.25, 0.3) is 0 Å². The molecule has 0 saturated heterocycles. The Labute approximate surface area is 122 Å². The Morgan fingerprint density at radius 2 is 2.19 bits per heavy atom. The van der Waals surface area contributed by atoms with Crippen LogP contribution in [-0.2, 0) is 6.54 Å². The molecule has 2 aromatic carbocycles. The number of phenols is 1. The fourth-order valence-electron chi connectivity index (χ4n) is 2.86. The summed E-state index contributed by atoms with van der Waals surface area (Å²) >= 11 is 0. The van der Waals surface area contributed by atoms with Crippen molar-refractivity contribution in [1.82, 2.24) is 0 Å². The van der Waals surface area contributed by atoms with Gasteiger partial charge in [-0.05, 0) is 23.8 Å².